The van der Waals surface area contributed by atoms with Crippen molar-refractivity contribution in [3.8, 4) is 5.75 Å². The number of ether oxygens (including phenoxy) is 2. The van der Waals surface area contributed by atoms with Gasteiger partial charge in [-0.15, -0.1) is 0 Å². The van der Waals surface area contributed by atoms with Crippen molar-refractivity contribution >= 4 is 5.78 Å². The summed E-state index contributed by atoms with van der Waals surface area (Å²) in [6, 6.07) is 5.89. The van der Waals surface area contributed by atoms with E-state index in [1.165, 1.54) is 0 Å². The Balaban J connectivity index is 2.16. The number of hydrogen-bond donors (Lipinski definition) is 0. The summed E-state index contributed by atoms with van der Waals surface area (Å²) >= 11 is 0. The first-order valence-corrected chi connectivity index (χ1v) is 7.99. The number of ketones is 1. The second-order valence-corrected chi connectivity index (χ2v) is 6.49. The number of morpholine rings is 1. The van der Waals surface area contributed by atoms with E-state index in [2.05, 4.69) is 18.7 Å². The van der Waals surface area contributed by atoms with Crippen LogP contribution >= 0.6 is 0 Å². The first-order valence-electron chi connectivity index (χ1n) is 7.99. The quantitative estimate of drug-likeness (QED) is 0.784. The SMILES string of the molecule is COc1ccc(C(C)C)cc1C(=O)CN1CC(C)OC(C)C1. The third-order valence-corrected chi connectivity index (χ3v) is 4.05. The molecular weight excluding hydrogens is 278 g/mol. The number of nitrogens with zero attached hydrogens (tertiary/aromatic N) is 1. The Morgan fingerprint density at radius 3 is 2.50 bits per heavy atom. The normalized spacial score (nSPS) is 22.8. The van der Waals surface area contributed by atoms with Crippen molar-refractivity contribution in [2.75, 3.05) is 26.7 Å². The zero-order valence-corrected chi connectivity index (χ0v) is 14.3. The highest BCUT2D eigenvalue weighted by molar-refractivity contribution is 6.00. The van der Waals surface area contributed by atoms with Crippen molar-refractivity contribution in [2.24, 2.45) is 0 Å². The second kappa shape index (κ2) is 7.25. The maximum absolute atomic E-state index is 12.7. The van der Waals surface area contributed by atoms with Crippen LogP contribution in [-0.4, -0.2) is 49.6 Å². The molecule has 1 saturated heterocycles. The Bertz CT molecular complexity index is 517. The van der Waals surface area contributed by atoms with E-state index in [1.807, 2.05) is 32.0 Å². The van der Waals surface area contributed by atoms with E-state index in [0.29, 0.717) is 23.8 Å². The average molecular weight is 305 g/mol. The van der Waals surface area contributed by atoms with E-state index in [0.717, 1.165) is 18.7 Å². The Morgan fingerprint density at radius 1 is 1.32 bits per heavy atom. The molecule has 0 radical (unpaired) electrons. The second-order valence-electron chi connectivity index (χ2n) is 6.49. The smallest absolute Gasteiger partial charge is 0.180 e. The van der Waals surface area contributed by atoms with Crippen LogP contribution < -0.4 is 4.74 Å². The van der Waals surface area contributed by atoms with Crippen LogP contribution in [0.5, 0.6) is 5.75 Å². The van der Waals surface area contributed by atoms with Gasteiger partial charge in [-0.05, 0) is 37.5 Å². The molecule has 1 fully saturated rings. The molecule has 2 rings (SSSR count). The van der Waals surface area contributed by atoms with Crippen LogP contribution in [0.1, 0.15) is 49.5 Å². The van der Waals surface area contributed by atoms with Gasteiger partial charge in [0.1, 0.15) is 5.75 Å². The Hall–Kier alpha value is -1.39. The van der Waals surface area contributed by atoms with E-state index in [-0.39, 0.29) is 18.0 Å². The van der Waals surface area contributed by atoms with Gasteiger partial charge in [0.05, 0.1) is 31.4 Å². The number of Topliss-reactive ketones (excluding diaryl/α,β-unsaturated/α-hetero) is 1. The number of carbonyl (C=O) groups excluding carboxylic acids is 1. The minimum absolute atomic E-state index is 0.112. The van der Waals surface area contributed by atoms with Gasteiger partial charge in [-0.25, -0.2) is 0 Å². The first kappa shape index (κ1) is 17.0. The fourth-order valence-electron chi connectivity index (χ4n) is 3.00. The third kappa shape index (κ3) is 4.08. The van der Waals surface area contributed by atoms with E-state index in [4.69, 9.17) is 9.47 Å². The van der Waals surface area contributed by atoms with Gasteiger partial charge in [0.25, 0.3) is 0 Å². The summed E-state index contributed by atoms with van der Waals surface area (Å²) in [5.74, 6) is 1.16. The zero-order chi connectivity index (χ0) is 16.3. The lowest BCUT2D eigenvalue weighted by molar-refractivity contribution is -0.0652. The summed E-state index contributed by atoms with van der Waals surface area (Å²) in [5, 5.41) is 0. The predicted octanol–water partition coefficient (Wildman–Crippen LogP) is 3.11. The molecule has 0 N–H and O–H groups in total. The van der Waals surface area contributed by atoms with Gasteiger partial charge in [-0.1, -0.05) is 19.9 Å². The van der Waals surface area contributed by atoms with E-state index in [1.54, 1.807) is 7.11 Å². The zero-order valence-electron chi connectivity index (χ0n) is 14.3. The summed E-state index contributed by atoms with van der Waals surface area (Å²) in [5.41, 5.74) is 1.84. The summed E-state index contributed by atoms with van der Waals surface area (Å²) in [7, 11) is 1.61. The summed E-state index contributed by atoms with van der Waals surface area (Å²) in [6.07, 6.45) is 0.334. The molecule has 0 aliphatic carbocycles. The Morgan fingerprint density at radius 2 is 1.95 bits per heavy atom. The van der Waals surface area contributed by atoms with E-state index in [9.17, 15) is 4.79 Å². The monoisotopic (exact) mass is 305 g/mol. The largest absolute Gasteiger partial charge is 0.496 e. The molecule has 2 unspecified atom stereocenters. The minimum Gasteiger partial charge on any atom is -0.496 e. The fourth-order valence-corrected chi connectivity index (χ4v) is 3.00. The molecule has 0 amide bonds. The average Bonchev–Trinajstić information content (AvgIpc) is 2.45. The summed E-state index contributed by atoms with van der Waals surface area (Å²) in [6.45, 7) is 10.4. The molecule has 1 aliphatic heterocycles. The topological polar surface area (TPSA) is 38.8 Å². The Kier molecular flexibility index (Phi) is 5.59. The van der Waals surface area contributed by atoms with Gasteiger partial charge in [0.15, 0.2) is 5.78 Å². The minimum atomic E-state index is 0.112. The van der Waals surface area contributed by atoms with Crippen LogP contribution in [-0.2, 0) is 4.74 Å². The van der Waals surface area contributed by atoms with Crippen LogP contribution in [0.25, 0.3) is 0 Å². The molecular formula is C18H27NO3. The highest BCUT2D eigenvalue weighted by atomic mass is 16.5. The first-order chi connectivity index (χ1) is 10.4. The number of methoxy groups -OCH3 is 1. The van der Waals surface area contributed by atoms with Gasteiger partial charge >= 0.3 is 0 Å². The van der Waals surface area contributed by atoms with Crippen molar-refractivity contribution in [1.29, 1.82) is 0 Å². The number of carbonyl (C=O) groups is 1. The maximum Gasteiger partial charge on any atom is 0.180 e. The van der Waals surface area contributed by atoms with Crippen molar-refractivity contribution in [1.82, 2.24) is 4.90 Å². The summed E-state index contributed by atoms with van der Waals surface area (Å²) < 4.78 is 11.1. The molecule has 0 saturated carbocycles. The van der Waals surface area contributed by atoms with Crippen LogP contribution in [0.15, 0.2) is 18.2 Å². The predicted molar refractivity (Wildman–Crippen MR) is 87.9 cm³/mol. The third-order valence-electron chi connectivity index (χ3n) is 4.05. The van der Waals surface area contributed by atoms with Gasteiger partial charge in [0, 0.05) is 13.1 Å². The molecule has 22 heavy (non-hydrogen) atoms. The highest BCUT2D eigenvalue weighted by Crippen LogP contribution is 2.25. The van der Waals surface area contributed by atoms with Gasteiger partial charge in [-0.3, -0.25) is 9.69 Å². The Labute approximate surface area is 133 Å². The summed E-state index contributed by atoms with van der Waals surface area (Å²) in [4.78, 5) is 14.9. The molecule has 4 nitrogen and oxygen atoms in total. The number of hydrogen-bond acceptors (Lipinski definition) is 4. The molecule has 2 atom stereocenters. The molecule has 1 aromatic rings. The molecule has 4 heteroatoms. The number of benzene rings is 1. The standard InChI is InChI=1S/C18H27NO3/c1-12(2)15-6-7-18(21-5)16(8-15)17(20)11-19-9-13(3)22-14(4)10-19/h6-8,12-14H,9-11H2,1-5H3. The lowest BCUT2D eigenvalue weighted by Gasteiger charge is -2.34. The lowest BCUT2D eigenvalue weighted by Crippen LogP contribution is -2.47. The van der Waals surface area contributed by atoms with Crippen molar-refractivity contribution in [3.05, 3.63) is 29.3 Å². The van der Waals surface area contributed by atoms with E-state index < -0.39 is 0 Å². The molecule has 0 spiro atoms. The van der Waals surface area contributed by atoms with Gasteiger partial charge < -0.3 is 9.47 Å². The molecule has 1 aromatic carbocycles. The molecule has 1 aliphatic rings. The molecule has 0 aromatic heterocycles. The van der Waals surface area contributed by atoms with Crippen molar-refractivity contribution in [2.45, 2.75) is 45.8 Å². The van der Waals surface area contributed by atoms with Crippen LogP contribution in [0, 0.1) is 0 Å². The van der Waals surface area contributed by atoms with E-state index >= 15 is 0 Å². The van der Waals surface area contributed by atoms with Crippen LogP contribution in [0.4, 0.5) is 0 Å². The van der Waals surface area contributed by atoms with Crippen LogP contribution in [0.3, 0.4) is 0 Å². The molecule has 0 bridgehead atoms. The van der Waals surface area contributed by atoms with Crippen LogP contribution in [0.2, 0.25) is 0 Å². The van der Waals surface area contributed by atoms with Crippen molar-refractivity contribution < 1.29 is 14.3 Å². The highest BCUT2D eigenvalue weighted by Gasteiger charge is 2.25. The maximum atomic E-state index is 12.7. The molecule has 122 valence electrons. The lowest BCUT2D eigenvalue weighted by atomic mass is 9.98. The van der Waals surface area contributed by atoms with Gasteiger partial charge in [0.2, 0.25) is 0 Å². The fraction of sp³-hybridized carbons (Fsp3) is 0.611. The van der Waals surface area contributed by atoms with Gasteiger partial charge in [-0.2, -0.15) is 0 Å². The number of rotatable bonds is 5. The molecule has 1 heterocycles. The van der Waals surface area contributed by atoms with Crippen molar-refractivity contribution in [3.63, 3.8) is 0 Å².